The number of nitrogens with two attached hydrogens (primary N) is 1. The smallest absolute Gasteiger partial charge is 0.195 e. The van der Waals surface area contributed by atoms with Gasteiger partial charge in [0.05, 0.1) is 0 Å². The molecule has 2 aromatic carbocycles. The van der Waals surface area contributed by atoms with Crippen LogP contribution in [0.1, 0.15) is 45.5 Å². The first-order chi connectivity index (χ1) is 8.61. The fourth-order valence-electron chi connectivity index (χ4n) is 2.92. The molecule has 0 amide bonds. The quantitative estimate of drug-likeness (QED) is 0.714. The van der Waals surface area contributed by atoms with Gasteiger partial charge in [0.25, 0.3) is 0 Å². The second-order valence-corrected chi connectivity index (χ2v) is 4.90. The van der Waals surface area contributed by atoms with Gasteiger partial charge in [-0.2, -0.15) is 0 Å². The molecule has 2 N–H and O–H groups in total. The Balaban J connectivity index is 2.37. The molecule has 2 nitrogen and oxygen atoms in total. The summed E-state index contributed by atoms with van der Waals surface area (Å²) in [6, 6.07) is 11.6. The highest BCUT2D eigenvalue weighted by Gasteiger charge is 2.30. The van der Waals surface area contributed by atoms with Crippen molar-refractivity contribution in [2.75, 3.05) is 5.73 Å². The fraction of sp³-hybridized carbons (Fsp3) is 0.188. The molecule has 0 heterocycles. The first-order valence-electron chi connectivity index (χ1n) is 6.14. The molecule has 0 fully saturated rings. The van der Waals surface area contributed by atoms with E-state index in [1.807, 2.05) is 43.3 Å². The second-order valence-electron chi connectivity index (χ2n) is 4.90. The van der Waals surface area contributed by atoms with Crippen molar-refractivity contribution in [1.82, 2.24) is 0 Å². The van der Waals surface area contributed by atoms with Crippen LogP contribution in [0, 0.1) is 6.92 Å². The molecular weight excluding hydrogens is 222 g/mol. The van der Waals surface area contributed by atoms with E-state index in [4.69, 9.17) is 5.73 Å². The molecule has 18 heavy (non-hydrogen) atoms. The van der Waals surface area contributed by atoms with Gasteiger partial charge in [0.15, 0.2) is 5.78 Å². The Morgan fingerprint density at radius 2 is 1.83 bits per heavy atom. The van der Waals surface area contributed by atoms with E-state index in [1.54, 1.807) is 0 Å². The predicted octanol–water partition coefficient (Wildman–Crippen LogP) is 3.27. The minimum absolute atomic E-state index is 0.0555. The number of fused-ring (bicyclic) bond motifs is 2. The van der Waals surface area contributed by atoms with Crippen LogP contribution in [0.3, 0.4) is 0 Å². The standard InChI is InChI=1S/C16H15NO/c1-9-7-8-13(17)15-14(9)10(2)11-5-3-4-6-12(11)16(15)18/h3-8,10H,17H2,1-2H3. The van der Waals surface area contributed by atoms with Crippen molar-refractivity contribution in [3.8, 4) is 0 Å². The van der Waals surface area contributed by atoms with Crippen molar-refractivity contribution < 1.29 is 4.79 Å². The number of hydrogen-bond donors (Lipinski definition) is 1. The second kappa shape index (κ2) is 3.70. The molecule has 1 atom stereocenters. The monoisotopic (exact) mass is 237 g/mol. The average molecular weight is 237 g/mol. The molecule has 0 spiro atoms. The Labute approximate surface area is 106 Å². The zero-order valence-electron chi connectivity index (χ0n) is 10.5. The average Bonchev–Trinajstić information content (AvgIpc) is 2.38. The van der Waals surface area contributed by atoms with Gasteiger partial charge in [0.1, 0.15) is 0 Å². The zero-order valence-corrected chi connectivity index (χ0v) is 10.5. The Morgan fingerprint density at radius 3 is 2.61 bits per heavy atom. The molecule has 0 aliphatic heterocycles. The van der Waals surface area contributed by atoms with Gasteiger partial charge in [-0.25, -0.2) is 0 Å². The predicted molar refractivity (Wildman–Crippen MR) is 73.0 cm³/mol. The first-order valence-corrected chi connectivity index (χ1v) is 6.14. The van der Waals surface area contributed by atoms with Crippen molar-refractivity contribution in [2.24, 2.45) is 0 Å². The lowest BCUT2D eigenvalue weighted by molar-refractivity contribution is 0.103. The highest BCUT2D eigenvalue weighted by atomic mass is 16.1. The number of hydrogen-bond acceptors (Lipinski definition) is 2. The maximum Gasteiger partial charge on any atom is 0.195 e. The number of ketones is 1. The molecule has 0 saturated heterocycles. The van der Waals surface area contributed by atoms with Crippen LogP contribution in [0.4, 0.5) is 5.69 Å². The summed E-state index contributed by atoms with van der Waals surface area (Å²) in [5.74, 6) is 0.275. The van der Waals surface area contributed by atoms with Crippen molar-refractivity contribution in [2.45, 2.75) is 19.8 Å². The summed E-state index contributed by atoms with van der Waals surface area (Å²) in [6.07, 6.45) is 0. The minimum Gasteiger partial charge on any atom is -0.398 e. The SMILES string of the molecule is Cc1ccc(N)c2c1C(C)c1ccccc1C2=O. The summed E-state index contributed by atoms with van der Waals surface area (Å²) < 4.78 is 0. The summed E-state index contributed by atoms with van der Waals surface area (Å²) in [5.41, 5.74) is 11.4. The highest BCUT2D eigenvalue weighted by molar-refractivity contribution is 6.15. The van der Waals surface area contributed by atoms with Gasteiger partial charge in [-0.3, -0.25) is 4.79 Å². The van der Waals surface area contributed by atoms with Crippen LogP contribution in [-0.4, -0.2) is 5.78 Å². The van der Waals surface area contributed by atoms with Gasteiger partial charge >= 0.3 is 0 Å². The summed E-state index contributed by atoms with van der Waals surface area (Å²) in [7, 11) is 0. The fourth-order valence-corrected chi connectivity index (χ4v) is 2.92. The normalized spacial score (nSPS) is 17.2. The Bertz CT molecular complexity index is 658. The Kier molecular flexibility index (Phi) is 2.27. The number of anilines is 1. The molecule has 2 heteroatoms. The molecule has 0 bridgehead atoms. The van der Waals surface area contributed by atoms with E-state index in [0.717, 1.165) is 22.3 Å². The number of nitrogen functional groups attached to an aromatic ring is 1. The van der Waals surface area contributed by atoms with Crippen LogP contribution < -0.4 is 5.73 Å². The van der Waals surface area contributed by atoms with Crippen molar-refractivity contribution in [3.63, 3.8) is 0 Å². The first kappa shape index (κ1) is 11.0. The maximum absolute atomic E-state index is 12.5. The van der Waals surface area contributed by atoms with Crippen LogP contribution in [0.5, 0.6) is 0 Å². The lowest BCUT2D eigenvalue weighted by atomic mass is 9.76. The third-order valence-electron chi connectivity index (χ3n) is 3.83. The third-order valence-corrected chi connectivity index (χ3v) is 3.83. The van der Waals surface area contributed by atoms with E-state index in [9.17, 15) is 4.79 Å². The van der Waals surface area contributed by atoms with Crippen LogP contribution in [-0.2, 0) is 0 Å². The molecule has 0 radical (unpaired) electrons. The largest absolute Gasteiger partial charge is 0.398 e. The van der Waals surface area contributed by atoms with E-state index in [-0.39, 0.29) is 11.7 Å². The van der Waals surface area contributed by atoms with Gasteiger partial charge in [0.2, 0.25) is 0 Å². The molecule has 0 saturated carbocycles. The number of benzene rings is 2. The zero-order chi connectivity index (χ0) is 12.9. The highest BCUT2D eigenvalue weighted by Crippen LogP contribution is 2.40. The van der Waals surface area contributed by atoms with E-state index in [0.29, 0.717) is 11.3 Å². The van der Waals surface area contributed by atoms with E-state index >= 15 is 0 Å². The van der Waals surface area contributed by atoms with Gasteiger partial charge < -0.3 is 5.73 Å². The lowest BCUT2D eigenvalue weighted by Gasteiger charge is -2.27. The molecule has 1 aliphatic rings. The number of carbonyl (C=O) groups is 1. The van der Waals surface area contributed by atoms with Gasteiger partial charge in [-0.15, -0.1) is 0 Å². The molecule has 90 valence electrons. The summed E-state index contributed by atoms with van der Waals surface area (Å²) in [6.45, 7) is 4.17. The molecule has 0 aromatic heterocycles. The molecule has 3 rings (SSSR count). The Hall–Kier alpha value is -2.09. The van der Waals surface area contributed by atoms with Crippen LogP contribution >= 0.6 is 0 Å². The van der Waals surface area contributed by atoms with Gasteiger partial charge in [0, 0.05) is 22.7 Å². The minimum atomic E-state index is 0.0555. The summed E-state index contributed by atoms with van der Waals surface area (Å²) >= 11 is 0. The van der Waals surface area contributed by atoms with E-state index < -0.39 is 0 Å². The number of aryl methyl sites for hydroxylation is 1. The Morgan fingerprint density at radius 1 is 1.11 bits per heavy atom. The van der Waals surface area contributed by atoms with E-state index in [1.165, 1.54) is 0 Å². The summed E-state index contributed by atoms with van der Waals surface area (Å²) in [5, 5.41) is 0. The van der Waals surface area contributed by atoms with Crippen molar-refractivity contribution in [3.05, 3.63) is 64.2 Å². The van der Waals surface area contributed by atoms with Gasteiger partial charge in [-0.1, -0.05) is 37.3 Å². The van der Waals surface area contributed by atoms with Crippen molar-refractivity contribution >= 4 is 11.5 Å². The topological polar surface area (TPSA) is 43.1 Å². The molecular formula is C16H15NO. The maximum atomic E-state index is 12.5. The molecule has 1 unspecified atom stereocenters. The third kappa shape index (κ3) is 1.32. The van der Waals surface area contributed by atoms with Crippen LogP contribution in [0.2, 0.25) is 0 Å². The molecule has 2 aromatic rings. The van der Waals surface area contributed by atoms with E-state index in [2.05, 4.69) is 6.92 Å². The summed E-state index contributed by atoms with van der Waals surface area (Å²) in [4.78, 5) is 12.5. The lowest BCUT2D eigenvalue weighted by Crippen LogP contribution is -2.20. The molecule has 1 aliphatic carbocycles. The number of carbonyl (C=O) groups excluding carboxylic acids is 1. The van der Waals surface area contributed by atoms with Crippen LogP contribution in [0.15, 0.2) is 36.4 Å². The van der Waals surface area contributed by atoms with Crippen molar-refractivity contribution in [1.29, 1.82) is 0 Å². The van der Waals surface area contributed by atoms with Crippen LogP contribution in [0.25, 0.3) is 0 Å². The number of rotatable bonds is 0. The van der Waals surface area contributed by atoms with Gasteiger partial charge in [-0.05, 0) is 29.7 Å².